The van der Waals surface area contributed by atoms with Crippen molar-refractivity contribution >= 4 is 28.4 Å². The van der Waals surface area contributed by atoms with E-state index in [9.17, 15) is 0 Å². The monoisotopic (exact) mass is 140 g/mol. The van der Waals surface area contributed by atoms with Crippen molar-refractivity contribution in [1.29, 1.82) is 0 Å². The molecule has 0 aliphatic rings. The summed E-state index contributed by atoms with van der Waals surface area (Å²) in [6, 6.07) is 0. The van der Waals surface area contributed by atoms with Gasteiger partial charge in [0.05, 0.1) is 5.39 Å². The molecule has 0 saturated heterocycles. The molecule has 0 aliphatic carbocycles. The van der Waals surface area contributed by atoms with E-state index in [1.54, 1.807) is 5.82 Å². The summed E-state index contributed by atoms with van der Waals surface area (Å²) >= 11 is 10.3. The van der Waals surface area contributed by atoms with Crippen molar-refractivity contribution in [1.82, 2.24) is 0 Å². The second kappa shape index (κ2) is 2.11. The summed E-state index contributed by atoms with van der Waals surface area (Å²) < 4.78 is 0. The summed E-state index contributed by atoms with van der Waals surface area (Å²) in [7, 11) is 0. The average molecular weight is 141 g/mol. The van der Waals surface area contributed by atoms with Crippen molar-refractivity contribution in [3.63, 3.8) is 0 Å². The fraction of sp³-hybridized carbons (Fsp3) is 0.333. The first-order valence-corrected chi connectivity index (χ1v) is 5.69. The average Bonchev–Trinajstić information content (AvgIpc) is 1.35. The van der Waals surface area contributed by atoms with Crippen molar-refractivity contribution < 1.29 is 0 Å². The highest BCUT2D eigenvalue weighted by Crippen LogP contribution is 2.47. The Morgan fingerprint density at radius 2 is 2.17 bits per heavy atom. The number of halogens is 1. The van der Waals surface area contributed by atoms with Crippen molar-refractivity contribution in [2.24, 2.45) is 0 Å². The van der Waals surface area contributed by atoms with Gasteiger partial charge < -0.3 is 0 Å². The van der Waals surface area contributed by atoms with Crippen molar-refractivity contribution in [3.05, 3.63) is 12.4 Å². The zero-order chi connectivity index (χ0) is 5.21. The quantitative estimate of drug-likeness (QED) is 0.504. The van der Waals surface area contributed by atoms with Crippen LogP contribution >= 0.6 is 16.6 Å². The molecule has 0 heterocycles. The Bertz CT molecular complexity index is 93.0. The van der Waals surface area contributed by atoms with Gasteiger partial charge in [0.2, 0.25) is 0 Å². The molecule has 36 valence electrons. The Hall–Kier alpha value is 0.680. The third-order valence-electron chi connectivity index (χ3n) is 0.326. The topological polar surface area (TPSA) is 0 Å². The maximum atomic E-state index is 5.53. The maximum absolute atomic E-state index is 5.53. The number of rotatable bonds is 1. The van der Waals surface area contributed by atoms with E-state index in [0.717, 1.165) is 0 Å². The van der Waals surface area contributed by atoms with Gasteiger partial charge in [-0.25, -0.2) is 0 Å². The van der Waals surface area contributed by atoms with Crippen LogP contribution in [0.25, 0.3) is 0 Å². The minimum Gasteiger partial charge on any atom is -0.0967 e. The first-order chi connectivity index (χ1) is 2.56. The van der Waals surface area contributed by atoms with Gasteiger partial charge in [-0.15, -0.1) is 0 Å². The van der Waals surface area contributed by atoms with Crippen LogP contribution in [0.3, 0.4) is 0 Å². The van der Waals surface area contributed by atoms with Gasteiger partial charge in [0.25, 0.3) is 0 Å². The zero-order valence-electron chi connectivity index (χ0n) is 3.52. The lowest BCUT2D eigenvalue weighted by molar-refractivity contribution is 2.38. The minimum absolute atomic E-state index is 1.58. The summed E-state index contributed by atoms with van der Waals surface area (Å²) in [6.07, 6.45) is 0. The number of hydrogen-bond donors (Lipinski definition) is 0. The highest BCUT2D eigenvalue weighted by Gasteiger charge is 1.91. The summed E-state index contributed by atoms with van der Waals surface area (Å²) in [5.74, 6) is 1.63. The van der Waals surface area contributed by atoms with Gasteiger partial charge in [-0.3, -0.25) is 0 Å². The molecular weight excluding hydrogens is 135 g/mol. The van der Waals surface area contributed by atoms with Gasteiger partial charge in [-0.1, -0.05) is 29.6 Å². The highest BCUT2D eigenvalue weighted by atomic mass is 35.7. The van der Waals surface area contributed by atoms with Crippen LogP contribution in [0.15, 0.2) is 12.4 Å². The Morgan fingerprint density at radius 3 is 2.17 bits per heavy atom. The third-order valence-corrected chi connectivity index (χ3v) is 1.84. The van der Waals surface area contributed by atoms with Crippen molar-refractivity contribution in [3.8, 4) is 0 Å². The lowest BCUT2D eigenvalue weighted by Gasteiger charge is -1.91. The van der Waals surface area contributed by atoms with E-state index in [0.29, 0.717) is 0 Å². The van der Waals surface area contributed by atoms with Gasteiger partial charge in [0, 0.05) is 0 Å². The molecule has 0 spiro atoms. The second-order valence-electron chi connectivity index (χ2n) is 1.06. The first kappa shape index (κ1) is 6.68. The molecule has 0 nitrogen and oxygen atoms in total. The Morgan fingerprint density at radius 1 is 2.00 bits per heavy atom. The molecule has 0 fully saturated rings. The molecule has 0 aliphatic heterocycles. The molecule has 0 radical (unpaired) electrons. The molecule has 0 rings (SSSR count). The van der Waals surface area contributed by atoms with E-state index in [2.05, 4.69) is 6.58 Å². The van der Waals surface area contributed by atoms with Crippen LogP contribution in [0.1, 0.15) is 0 Å². The van der Waals surface area contributed by atoms with Gasteiger partial charge in [0.1, 0.15) is 0 Å². The molecule has 0 aromatic rings. The molecule has 6 heavy (non-hydrogen) atoms. The number of hydrogen-bond acceptors (Lipinski definition) is 1. The highest BCUT2D eigenvalue weighted by molar-refractivity contribution is 8.28. The first-order valence-electron chi connectivity index (χ1n) is 1.47. The lowest BCUT2D eigenvalue weighted by Crippen LogP contribution is -1.48. The largest absolute Gasteiger partial charge is 0.0967 e. The fourth-order valence-corrected chi connectivity index (χ4v) is 0. The van der Waals surface area contributed by atoms with Crippen LogP contribution in [0, 0.1) is 0 Å². The van der Waals surface area contributed by atoms with E-state index in [1.165, 1.54) is 0 Å². The molecule has 1 unspecified atom stereocenters. The lowest BCUT2D eigenvalue weighted by atomic mass is 11.3. The molecule has 1 atom stereocenters. The third kappa shape index (κ3) is 4.68. The standard InChI is InChI=1S/C3H6ClPS/c1-3-5(2,4)6/h3H,1H2,2H3. The molecule has 0 saturated carbocycles. The molecule has 0 bridgehead atoms. The van der Waals surface area contributed by atoms with E-state index >= 15 is 0 Å². The van der Waals surface area contributed by atoms with Crippen LogP contribution in [0.2, 0.25) is 0 Å². The Balaban J connectivity index is 3.81. The van der Waals surface area contributed by atoms with Crippen LogP contribution in [0.4, 0.5) is 0 Å². The smallest absolute Gasteiger partial charge is 0.0555 e. The predicted octanol–water partition coefficient (Wildman–Crippen LogP) is 2.39. The van der Waals surface area contributed by atoms with Gasteiger partial charge in [-0.05, 0) is 12.5 Å². The maximum Gasteiger partial charge on any atom is 0.0555 e. The summed E-state index contributed by atoms with van der Waals surface area (Å²) in [4.78, 5) is 0. The normalized spacial score (nSPS) is 19.0. The van der Waals surface area contributed by atoms with Gasteiger partial charge in [-0.2, -0.15) is 0 Å². The van der Waals surface area contributed by atoms with E-state index in [1.807, 2.05) is 6.66 Å². The van der Waals surface area contributed by atoms with Crippen LogP contribution < -0.4 is 0 Å². The Labute approximate surface area is 48.0 Å². The molecule has 0 aromatic heterocycles. The molecule has 0 amide bonds. The predicted molar refractivity (Wildman–Crippen MR) is 36.3 cm³/mol. The fourth-order valence-electron chi connectivity index (χ4n) is 0. The molecule has 0 N–H and O–H groups in total. The molecule has 3 heteroatoms. The van der Waals surface area contributed by atoms with Crippen LogP contribution in [-0.2, 0) is 11.8 Å². The van der Waals surface area contributed by atoms with Crippen LogP contribution in [-0.4, -0.2) is 6.66 Å². The minimum atomic E-state index is -1.58. The van der Waals surface area contributed by atoms with Gasteiger partial charge in [0.15, 0.2) is 0 Å². The van der Waals surface area contributed by atoms with Crippen LogP contribution in [0.5, 0.6) is 0 Å². The second-order valence-corrected chi connectivity index (χ2v) is 8.18. The Kier molecular flexibility index (Phi) is 2.35. The zero-order valence-corrected chi connectivity index (χ0v) is 5.98. The summed E-state index contributed by atoms with van der Waals surface area (Å²) in [6.45, 7) is 5.26. The van der Waals surface area contributed by atoms with Crippen molar-refractivity contribution in [2.75, 3.05) is 6.66 Å². The molecular formula is C3H6ClPS. The van der Waals surface area contributed by atoms with Crippen molar-refractivity contribution in [2.45, 2.75) is 0 Å². The van der Waals surface area contributed by atoms with Gasteiger partial charge >= 0.3 is 0 Å². The molecule has 0 aromatic carbocycles. The van der Waals surface area contributed by atoms with E-state index in [4.69, 9.17) is 23.0 Å². The van der Waals surface area contributed by atoms with E-state index in [-0.39, 0.29) is 0 Å². The SMILES string of the molecule is C=CP(C)(=S)Cl. The van der Waals surface area contributed by atoms with E-state index < -0.39 is 5.39 Å². The summed E-state index contributed by atoms with van der Waals surface area (Å²) in [5.41, 5.74) is 0. The summed E-state index contributed by atoms with van der Waals surface area (Å²) in [5, 5.41) is -1.58.